The zero-order chi connectivity index (χ0) is 14.4. The van der Waals surface area contributed by atoms with Crippen LogP contribution < -0.4 is 5.32 Å². The lowest BCUT2D eigenvalue weighted by molar-refractivity contribution is -0.145. The maximum absolute atomic E-state index is 11.7. The number of esters is 1. The van der Waals surface area contributed by atoms with Crippen molar-refractivity contribution in [1.82, 2.24) is 10.2 Å². The first-order chi connectivity index (χ1) is 9.71. The van der Waals surface area contributed by atoms with Crippen LogP contribution in [0.25, 0.3) is 0 Å². The molecule has 0 spiro atoms. The van der Waals surface area contributed by atoms with Crippen molar-refractivity contribution < 1.29 is 9.53 Å². The van der Waals surface area contributed by atoms with Crippen molar-refractivity contribution in [2.45, 2.75) is 64.5 Å². The molecule has 2 atom stereocenters. The van der Waals surface area contributed by atoms with Gasteiger partial charge in [-0.1, -0.05) is 26.2 Å². The van der Waals surface area contributed by atoms with Gasteiger partial charge in [-0.2, -0.15) is 0 Å². The first-order valence-corrected chi connectivity index (χ1v) is 8.35. The van der Waals surface area contributed by atoms with Crippen molar-refractivity contribution in [1.29, 1.82) is 0 Å². The van der Waals surface area contributed by atoms with Crippen LogP contribution in [0.5, 0.6) is 0 Å². The zero-order valence-electron chi connectivity index (χ0n) is 13.1. The molecule has 2 unspecified atom stereocenters. The number of carbonyl (C=O) groups excluding carboxylic acids is 1. The molecular formula is C16H30N2O2. The number of hydrogen-bond acceptors (Lipinski definition) is 4. The fraction of sp³-hybridized carbons (Fsp3) is 0.938. The molecule has 1 N–H and O–H groups in total. The lowest BCUT2D eigenvalue weighted by Crippen LogP contribution is -2.52. The normalized spacial score (nSPS) is 28.7. The Kier molecular flexibility index (Phi) is 6.30. The Morgan fingerprint density at radius 1 is 1.20 bits per heavy atom. The van der Waals surface area contributed by atoms with E-state index in [0.717, 1.165) is 13.1 Å². The second kappa shape index (κ2) is 7.99. The largest absolute Gasteiger partial charge is 0.465 e. The van der Waals surface area contributed by atoms with Gasteiger partial charge >= 0.3 is 5.97 Å². The molecule has 4 nitrogen and oxygen atoms in total. The topological polar surface area (TPSA) is 41.6 Å². The van der Waals surface area contributed by atoms with Gasteiger partial charge in [0.1, 0.15) is 0 Å². The van der Waals surface area contributed by atoms with E-state index in [1.54, 1.807) is 0 Å². The summed E-state index contributed by atoms with van der Waals surface area (Å²) >= 11 is 0. The Labute approximate surface area is 123 Å². The third kappa shape index (κ3) is 4.74. The van der Waals surface area contributed by atoms with Crippen molar-refractivity contribution in [3.63, 3.8) is 0 Å². The molecule has 0 bridgehead atoms. The fourth-order valence-electron chi connectivity index (χ4n) is 3.66. The third-order valence-electron chi connectivity index (χ3n) is 4.67. The van der Waals surface area contributed by atoms with E-state index >= 15 is 0 Å². The monoisotopic (exact) mass is 282 g/mol. The highest BCUT2D eigenvalue weighted by atomic mass is 16.5. The van der Waals surface area contributed by atoms with Gasteiger partial charge in [0.25, 0.3) is 0 Å². The number of nitrogens with one attached hydrogen (secondary N) is 1. The molecule has 0 aromatic carbocycles. The van der Waals surface area contributed by atoms with E-state index in [1.807, 2.05) is 6.92 Å². The van der Waals surface area contributed by atoms with E-state index < -0.39 is 0 Å². The van der Waals surface area contributed by atoms with Crippen LogP contribution in [-0.2, 0) is 9.53 Å². The minimum Gasteiger partial charge on any atom is -0.465 e. The molecule has 0 amide bonds. The van der Waals surface area contributed by atoms with E-state index in [0.29, 0.717) is 31.2 Å². The van der Waals surface area contributed by atoms with E-state index in [1.165, 1.54) is 38.5 Å². The van der Waals surface area contributed by atoms with Gasteiger partial charge in [-0.15, -0.1) is 0 Å². The Bertz CT molecular complexity index is 303. The number of likely N-dealkylation sites (tertiary alicyclic amines) is 1. The second-order valence-corrected chi connectivity index (χ2v) is 6.35. The summed E-state index contributed by atoms with van der Waals surface area (Å²) < 4.78 is 5.08. The van der Waals surface area contributed by atoms with Gasteiger partial charge in [0.2, 0.25) is 0 Å². The number of hydrogen-bond donors (Lipinski definition) is 1. The highest BCUT2D eigenvalue weighted by molar-refractivity contribution is 5.71. The Morgan fingerprint density at radius 3 is 2.60 bits per heavy atom. The summed E-state index contributed by atoms with van der Waals surface area (Å²) in [6.07, 6.45) is 7.84. The molecule has 116 valence electrons. The number of rotatable bonds is 6. The Morgan fingerprint density at radius 2 is 1.95 bits per heavy atom. The highest BCUT2D eigenvalue weighted by Gasteiger charge is 2.29. The predicted octanol–water partition coefficient (Wildman–Crippen LogP) is 2.18. The molecule has 4 heteroatoms. The molecule has 2 rings (SSSR count). The minimum atomic E-state index is -0.0798. The van der Waals surface area contributed by atoms with Gasteiger partial charge in [-0.25, -0.2) is 0 Å². The average molecular weight is 282 g/mol. The molecule has 1 saturated carbocycles. The van der Waals surface area contributed by atoms with E-state index in [2.05, 4.69) is 17.1 Å². The molecule has 1 heterocycles. The number of piperidine rings is 1. The van der Waals surface area contributed by atoms with Crippen molar-refractivity contribution >= 4 is 5.97 Å². The minimum absolute atomic E-state index is 0.0798. The lowest BCUT2D eigenvalue weighted by atomic mass is 9.91. The maximum atomic E-state index is 11.7. The van der Waals surface area contributed by atoms with Crippen LogP contribution in [0.4, 0.5) is 0 Å². The molecule has 2 fully saturated rings. The SMILES string of the molecule is CCOC(=O)CN1CC(CC)CC(NC2CCCC2)C1. The molecule has 20 heavy (non-hydrogen) atoms. The average Bonchev–Trinajstić information content (AvgIpc) is 2.91. The van der Waals surface area contributed by atoms with Crippen molar-refractivity contribution in [2.75, 3.05) is 26.2 Å². The van der Waals surface area contributed by atoms with Crippen molar-refractivity contribution in [3.8, 4) is 0 Å². The molecule has 1 saturated heterocycles. The summed E-state index contributed by atoms with van der Waals surface area (Å²) in [7, 11) is 0. The Balaban J connectivity index is 1.83. The summed E-state index contributed by atoms with van der Waals surface area (Å²) in [6, 6.07) is 1.26. The summed E-state index contributed by atoms with van der Waals surface area (Å²) in [5.74, 6) is 0.626. The Hall–Kier alpha value is -0.610. The predicted molar refractivity (Wildman–Crippen MR) is 80.7 cm³/mol. The van der Waals surface area contributed by atoms with Gasteiger partial charge in [0.15, 0.2) is 0 Å². The second-order valence-electron chi connectivity index (χ2n) is 6.35. The first kappa shape index (κ1) is 15.8. The highest BCUT2D eigenvalue weighted by Crippen LogP contribution is 2.23. The quantitative estimate of drug-likeness (QED) is 0.758. The zero-order valence-corrected chi connectivity index (χ0v) is 13.1. The van der Waals surface area contributed by atoms with Crippen molar-refractivity contribution in [3.05, 3.63) is 0 Å². The van der Waals surface area contributed by atoms with Crippen LogP contribution >= 0.6 is 0 Å². The van der Waals surface area contributed by atoms with Gasteiger partial charge < -0.3 is 10.1 Å². The van der Waals surface area contributed by atoms with E-state index in [9.17, 15) is 4.79 Å². The standard InChI is InChI=1S/C16H30N2O2/c1-3-13-9-15(17-14-7-5-6-8-14)11-18(10-13)12-16(19)20-4-2/h13-15,17H,3-12H2,1-2H3. The van der Waals surface area contributed by atoms with Crippen LogP contribution in [0.15, 0.2) is 0 Å². The van der Waals surface area contributed by atoms with E-state index in [-0.39, 0.29) is 5.97 Å². The van der Waals surface area contributed by atoms with Crippen LogP contribution in [-0.4, -0.2) is 49.2 Å². The smallest absolute Gasteiger partial charge is 0.320 e. The number of nitrogens with zero attached hydrogens (tertiary/aromatic N) is 1. The van der Waals surface area contributed by atoms with Crippen LogP contribution in [0.2, 0.25) is 0 Å². The molecule has 2 aliphatic rings. The molecule has 1 aliphatic heterocycles. The molecular weight excluding hydrogens is 252 g/mol. The summed E-state index contributed by atoms with van der Waals surface area (Å²) in [5.41, 5.74) is 0. The fourth-order valence-corrected chi connectivity index (χ4v) is 3.66. The summed E-state index contributed by atoms with van der Waals surface area (Å²) in [5, 5.41) is 3.82. The number of ether oxygens (including phenoxy) is 1. The molecule has 1 aliphatic carbocycles. The maximum Gasteiger partial charge on any atom is 0.320 e. The van der Waals surface area contributed by atoms with Gasteiger partial charge in [0.05, 0.1) is 13.2 Å². The van der Waals surface area contributed by atoms with Crippen molar-refractivity contribution in [2.24, 2.45) is 5.92 Å². The van der Waals surface area contributed by atoms with Crippen LogP contribution in [0.1, 0.15) is 52.4 Å². The lowest BCUT2D eigenvalue weighted by Gasteiger charge is -2.38. The van der Waals surface area contributed by atoms with Crippen LogP contribution in [0.3, 0.4) is 0 Å². The third-order valence-corrected chi connectivity index (χ3v) is 4.67. The van der Waals surface area contributed by atoms with Gasteiger partial charge in [-0.3, -0.25) is 9.69 Å². The van der Waals surface area contributed by atoms with Crippen LogP contribution in [0, 0.1) is 5.92 Å². The summed E-state index contributed by atoms with van der Waals surface area (Å²) in [6.45, 7) is 7.09. The molecule has 0 aromatic rings. The van der Waals surface area contributed by atoms with Gasteiger partial charge in [-0.05, 0) is 32.1 Å². The van der Waals surface area contributed by atoms with Gasteiger partial charge in [0, 0.05) is 25.2 Å². The molecule has 0 aromatic heterocycles. The van der Waals surface area contributed by atoms with E-state index in [4.69, 9.17) is 4.74 Å². The summed E-state index contributed by atoms with van der Waals surface area (Å²) in [4.78, 5) is 14.0. The first-order valence-electron chi connectivity index (χ1n) is 8.35. The number of carbonyl (C=O) groups is 1. The molecule has 0 radical (unpaired) electrons.